The zero-order valence-electron chi connectivity index (χ0n) is 7.59. The summed E-state index contributed by atoms with van der Waals surface area (Å²) in [7, 11) is 0. The molecular formula is C10H12BrNO. The highest BCUT2D eigenvalue weighted by molar-refractivity contribution is 9.10. The molecule has 0 aliphatic heterocycles. The summed E-state index contributed by atoms with van der Waals surface area (Å²) in [6.45, 7) is 2.14. The van der Waals surface area contributed by atoms with E-state index in [4.69, 9.17) is 0 Å². The summed E-state index contributed by atoms with van der Waals surface area (Å²) in [5.74, 6) is 0. The van der Waals surface area contributed by atoms with Crippen molar-refractivity contribution in [2.24, 2.45) is 0 Å². The summed E-state index contributed by atoms with van der Waals surface area (Å²) in [5.41, 5.74) is 1.66. The molecule has 0 aliphatic carbocycles. The van der Waals surface area contributed by atoms with Crippen LogP contribution in [0, 0.1) is 0 Å². The molecule has 0 saturated carbocycles. The van der Waals surface area contributed by atoms with Crippen molar-refractivity contribution in [3.05, 3.63) is 28.0 Å². The van der Waals surface area contributed by atoms with Gasteiger partial charge in [-0.05, 0) is 34.8 Å². The first-order valence-electron chi connectivity index (χ1n) is 4.38. The zero-order chi connectivity index (χ0) is 9.68. The van der Waals surface area contributed by atoms with Gasteiger partial charge in [0, 0.05) is 16.2 Å². The molecule has 1 rings (SSSR count). The fourth-order valence-electron chi connectivity index (χ4n) is 1.11. The summed E-state index contributed by atoms with van der Waals surface area (Å²) >= 11 is 3.38. The highest BCUT2D eigenvalue weighted by Gasteiger charge is 2.04. The zero-order valence-corrected chi connectivity index (χ0v) is 9.17. The van der Waals surface area contributed by atoms with Crippen LogP contribution in [-0.2, 0) is 6.42 Å². The number of unbranched alkanes of at least 4 members (excludes halogenated alkanes) is 1. The van der Waals surface area contributed by atoms with E-state index in [1.54, 1.807) is 12.3 Å². The Morgan fingerprint density at radius 3 is 3.00 bits per heavy atom. The third kappa shape index (κ3) is 2.62. The number of aromatic nitrogens is 1. The number of hydrogen-bond donors (Lipinski definition) is 0. The number of rotatable bonds is 4. The Balaban J connectivity index is 2.87. The van der Waals surface area contributed by atoms with E-state index in [2.05, 4.69) is 27.8 Å². The van der Waals surface area contributed by atoms with Crippen molar-refractivity contribution in [3.8, 4) is 0 Å². The topological polar surface area (TPSA) is 30.0 Å². The molecule has 3 heteroatoms. The molecule has 0 bridgehead atoms. The summed E-state index contributed by atoms with van der Waals surface area (Å²) in [6.07, 6.45) is 5.70. The fraction of sp³-hybridized carbons (Fsp3) is 0.400. The highest BCUT2D eigenvalue weighted by Crippen LogP contribution is 2.19. The van der Waals surface area contributed by atoms with E-state index in [9.17, 15) is 4.79 Å². The number of carbonyl (C=O) groups is 1. The molecule has 1 heterocycles. The van der Waals surface area contributed by atoms with Gasteiger partial charge in [-0.3, -0.25) is 9.78 Å². The Labute approximate surface area is 86.5 Å². The second kappa shape index (κ2) is 5.12. The minimum absolute atomic E-state index is 0.682. The second-order valence-corrected chi connectivity index (χ2v) is 3.68. The molecule has 0 fully saturated rings. The average Bonchev–Trinajstić information content (AvgIpc) is 2.16. The van der Waals surface area contributed by atoms with Gasteiger partial charge < -0.3 is 0 Å². The minimum atomic E-state index is 0.682. The van der Waals surface area contributed by atoms with Crippen molar-refractivity contribution in [3.63, 3.8) is 0 Å². The van der Waals surface area contributed by atoms with E-state index in [0.29, 0.717) is 5.56 Å². The van der Waals surface area contributed by atoms with Crippen LogP contribution in [0.4, 0.5) is 0 Å². The van der Waals surface area contributed by atoms with Crippen LogP contribution < -0.4 is 0 Å². The Morgan fingerprint density at radius 2 is 2.38 bits per heavy atom. The van der Waals surface area contributed by atoms with Gasteiger partial charge in [-0.1, -0.05) is 13.3 Å². The molecule has 0 aromatic carbocycles. The third-order valence-electron chi connectivity index (χ3n) is 1.89. The second-order valence-electron chi connectivity index (χ2n) is 2.88. The molecule has 0 spiro atoms. The third-order valence-corrected chi connectivity index (χ3v) is 2.80. The first kappa shape index (κ1) is 10.4. The molecule has 2 nitrogen and oxygen atoms in total. The first-order valence-corrected chi connectivity index (χ1v) is 5.17. The van der Waals surface area contributed by atoms with Gasteiger partial charge in [-0.15, -0.1) is 0 Å². The van der Waals surface area contributed by atoms with Gasteiger partial charge in [0.15, 0.2) is 6.29 Å². The molecule has 0 N–H and O–H groups in total. The van der Waals surface area contributed by atoms with Crippen LogP contribution in [-0.4, -0.2) is 11.3 Å². The van der Waals surface area contributed by atoms with Crippen LogP contribution in [0.1, 0.15) is 35.8 Å². The van der Waals surface area contributed by atoms with Gasteiger partial charge in [-0.25, -0.2) is 0 Å². The normalized spacial score (nSPS) is 10.0. The van der Waals surface area contributed by atoms with Crippen LogP contribution in [0.25, 0.3) is 0 Å². The fourth-order valence-corrected chi connectivity index (χ4v) is 1.64. The van der Waals surface area contributed by atoms with Crippen LogP contribution in [0.3, 0.4) is 0 Å². The Kier molecular flexibility index (Phi) is 4.09. The van der Waals surface area contributed by atoms with Crippen molar-refractivity contribution < 1.29 is 4.79 Å². The van der Waals surface area contributed by atoms with Crippen molar-refractivity contribution in [2.45, 2.75) is 26.2 Å². The molecule has 0 aliphatic rings. The lowest BCUT2D eigenvalue weighted by Gasteiger charge is -2.03. The summed E-state index contributed by atoms with van der Waals surface area (Å²) in [4.78, 5) is 14.8. The summed E-state index contributed by atoms with van der Waals surface area (Å²) in [6, 6.07) is 1.71. The first-order chi connectivity index (χ1) is 6.29. The standard InChI is InChI=1S/C10H12BrNO/c1-2-3-4-9-10(11)8(7-13)5-6-12-9/h5-7H,2-4H2,1H3. The summed E-state index contributed by atoms with van der Waals surface area (Å²) < 4.78 is 0.846. The molecular weight excluding hydrogens is 230 g/mol. The highest BCUT2D eigenvalue weighted by atomic mass is 79.9. The molecule has 1 aromatic heterocycles. The number of aryl methyl sites for hydroxylation is 1. The monoisotopic (exact) mass is 241 g/mol. The number of pyridine rings is 1. The lowest BCUT2D eigenvalue weighted by atomic mass is 10.1. The molecule has 0 radical (unpaired) electrons. The Morgan fingerprint density at radius 1 is 1.62 bits per heavy atom. The average molecular weight is 242 g/mol. The lowest BCUT2D eigenvalue weighted by molar-refractivity contribution is 0.112. The van der Waals surface area contributed by atoms with E-state index < -0.39 is 0 Å². The Hall–Kier alpha value is -0.700. The number of halogens is 1. The Bertz CT molecular complexity index is 299. The van der Waals surface area contributed by atoms with E-state index >= 15 is 0 Å². The molecule has 0 unspecified atom stereocenters. The number of carbonyl (C=O) groups excluding carboxylic acids is 1. The van der Waals surface area contributed by atoms with Gasteiger partial charge in [0.1, 0.15) is 0 Å². The van der Waals surface area contributed by atoms with Crippen LogP contribution in [0.5, 0.6) is 0 Å². The number of aldehydes is 1. The maximum Gasteiger partial charge on any atom is 0.151 e. The van der Waals surface area contributed by atoms with Gasteiger partial charge >= 0.3 is 0 Å². The number of nitrogens with zero attached hydrogens (tertiary/aromatic N) is 1. The van der Waals surface area contributed by atoms with Crippen molar-refractivity contribution in [2.75, 3.05) is 0 Å². The van der Waals surface area contributed by atoms with Crippen LogP contribution >= 0.6 is 15.9 Å². The number of hydrogen-bond acceptors (Lipinski definition) is 2. The van der Waals surface area contributed by atoms with Gasteiger partial charge in [0.25, 0.3) is 0 Å². The smallest absolute Gasteiger partial charge is 0.151 e. The maximum absolute atomic E-state index is 10.6. The molecule has 0 amide bonds. The van der Waals surface area contributed by atoms with Crippen molar-refractivity contribution in [1.82, 2.24) is 4.98 Å². The van der Waals surface area contributed by atoms with E-state index in [1.807, 2.05) is 0 Å². The van der Waals surface area contributed by atoms with E-state index in [-0.39, 0.29) is 0 Å². The predicted octanol–water partition coefficient (Wildman–Crippen LogP) is 3.00. The summed E-state index contributed by atoms with van der Waals surface area (Å²) in [5, 5.41) is 0. The molecule has 0 saturated heterocycles. The maximum atomic E-state index is 10.6. The van der Waals surface area contributed by atoms with Crippen molar-refractivity contribution in [1.29, 1.82) is 0 Å². The van der Waals surface area contributed by atoms with E-state index in [0.717, 1.165) is 35.7 Å². The minimum Gasteiger partial charge on any atom is -0.298 e. The molecule has 13 heavy (non-hydrogen) atoms. The molecule has 1 aromatic rings. The quantitative estimate of drug-likeness (QED) is 0.759. The van der Waals surface area contributed by atoms with Gasteiger partial charge in [0.2, 0.25) is 0 Å². The predicted molar refractivity (Wildman–Crippen MR) is 55.9 cm³/mol. The van der Waals surface area contributed by atoms with Crippen LogP contribution in [0.2, 0.25) is 0 Å². The van der Waals surface area contributed by atoms with Crippen LogP contribution in [0.15, 0.2) is 16.7 Å². The molecule has 0 atom stereocenters. The van der Waals surface area contributed by atoms with E-state index in [1.165, 1.54) is 0 Å². The SMILES string of the molecule is CCCCc1nccc(C=O)c1Br. The lowest BCUT2D eigenvalue weighted by Crippen LogP contribution is -1.95. The molecule has 70 valence electrons. The van der Waals surface area contributed by atoms with Gasteiger partial charge in [-0.2, -0.15) is 0 Å². The largest absolute Gasteiger partial charge is 0.298 e. The van der Waals surface area contributed by atoms with Crippen molar-refractivity contribution >= 4 is 22.2 Å². The van der Waals surface area contributed by atoms with Gasteiger partial charge in [0.05, 0.1) is 5.69 Å².